The van der Waals surface area contributed by atoms with Gasteiger partial charge in [-0.1, -0.05) is 6.92 Å². The highest BCUT2D eigenvalue weighted by Gasteiger charge is 2.36. The molecule has 0 aliphatic rings. The Labute approximate surface area is 118 Å². The van der Waals surface area contributed by atoms with Crippen molar-refractivity contribution in [1.29, 1.82) is 0 Å². The first-order valence-corrected chi connectivity index (χ1v) is 6.70. The second-order valence-corrected chi connectivity index (χ2v) is 5.28. The molecule has 0 rings (SSSR count). The molecule has 120 valence electrons. The number of carbonyl (C=O) groups excluding carboxylic acids is 1. The van der Waals surface area contributed by atoms with Crippen LogP contribution in [-0.2, 0) is 9.53 Å². The van der Waals surface area contributed by atoms with Gasteiger partial charge in [-0.2, -0.15) is 13.2 Å². The van der Waals surface area contributed by atoms with Crippen LogP contribution < -0.4 is 5.32 Å². The number of halogens is 3. The molecule has 1 unspecified atom stereocenters. The van der Waals surface area contributed by atoms with Gasteiger partial charge in [-0.05, 0) is 33.7 Å². The Kier molecular flexibility index (Phi) is 7.51. The number of rotatable bonds is 8. The number of carbonyl (C=O) groups is 1. The normalized spacial score (nSPS) is 15.5. The van der Waals surface area contributed by atoms with Crippen LogP contribution in [0, 0.1) is 0 Å². The van der Waals surface area contributed by atoms with E-state index in [0.717, 1.165) is 0 Å². The van der Waals surface area contributed by atoms with Crippen molar-refractivity contribution in [3.05, 3.63) is 0 Å². The van der Waals surface area contributed by atoms with E-state index in [1.807, 2.05) is 6.92 Å². The lowest BCUT2D eigenvalue weighted by atomic mass is 9.97. The smallest absolute Gasteiger partial charge is 0.401 e. The number of esters is 1. The zero-order chi connectivity index (χ0) is 16.0. The highest BCUT2D eigenvalue weighted by atomic mass is 19.4. The maximum absolute atomic E-state index is 12.5. The van der Waals surface area contributed by atoms with E-state index >= 15 is 0 Å². The number of alkyl halides is 3. The monoisotopic (exact) mass is 298 g/mol. The van der Waals surface area contributed by atoms with Crippen molar-refractivity contribution in [1.82, 2.24) is 10.2 Å². The van der Waals surface area contributed by atoms with E-state index in [-0.39, 0.29) is 19.0 Å². The summed E-state index contributed by atoms with van der Waals surface area (Å²) in [7, 11) is 1.27. The molecule has 0 aromatic rings. The van der Waals surface area contributed by atoms with Crippen LogP contribution in [-0.4, -0.2) is 55.4 Å². The lowest BCUT2D eigenvalue weighted by Gasteiger charge is -2.33. The minimum atomic E-state index is -4.25. The largest absolute Gasteiger partial charge is 0.468 e. The van der Waals surface area contributed by atoms with Crippen LogP contribution in [0.3, 0.4) is 0 Å². The number of nitrogens with one attached hydrogen (secondary N) is 1. The molecule has 0 radical (unpaired) electrons. The topological polar surface area (TPSA) is 41.6 Å². The van der Waals surface area contributed by atoms with Gasteiger partial charge in [0.15, 0.2) is 0 Å². The molecule has 1 atom stereocenters. The summed E-state index contributed by atoms with van der Waals surface area (Å²) in [5.74, 6) is -0.463. The minimum Gasteiger partial charge on any atom is -0.468 e. The molecular weight excluding hydrogens is 273 g/mol. The maximum Gasteiger partial charge on any atom is 0.401 e. The Bertz CT molecular complexity index is 308. The minimum absolute atomic E-state index is 0.162. The van der Waals surface area contributed by atoms with Crippen molar-refractivity contribution in [3.8, 4) is 0 Å². The third kappa shape index (κ3) is 6.56. The summed E-state index contributed by atoms with van der Waals surface area (Å²) in [6, 6.07) is -0.250. The third-order valence-corrected chi connectivity index (χ3v) is 3.21. The first-order valence-electron chi connectivity index (χ1n) is 6.70. The van der Waals surface area contributed by atoms with Crippen LogP contribution >= 0.6 is 0 Å². The average molecular weight is 298 g/mol. The molecule has 0 aliphatic heterocycles. The summed E-state index contributed by atoms with van der Waals surface area (Å²) < 4.78 is 42.2. The molecule has 0 aromatic heterocycles. The predicted octanol–water partition coefficient (Wildman–Crippen LogP) is 2.19. The van der Waals surface area contributed by atoms with Gasteiger partial charge in [0.25, 0.3) is 0 Å². The first-order chi connectivity index (χ1) is 9.05. The number of hydrogen-bond acceptors (Lipinski definition) is 4. The third-order valence-electron chi connectivity index (χ3n) is 3.21. The van der Waals surface area contributed by atoms with Crippen LogP contribution in [0.25, 0.3) is 0 Å². The van der Waals surface area contributed by atoms with Gasteiger partial charge < -0.3 is 10.1 Å². The van der Waals surface area contributed by atoms with E-state index < -0.39 is 24.2 Å². The van der Waals surface area contributed by atoms with Gasteiger partial charge >= 0.3 is 12.1 Å². The molecule has 0 aromatic carbocycles. The Morgan fingerprint density at radius 3 is 2.25 bits per heavy atom. The van der Waals surface area contributed by atoms with Crippen molar-refractivity contribution in [3.63, 3.8) is 0 Å². The zero-order valence-electron chi connectivity index (χ0n) is 12.8. The molecule has 0 amide bonds. The zero-order valence-corrected chi connectivity index (χ0v) is 12.8. The van der Waals surface area contributed by atoms with Crippen molar-refractivity contribution in [2.75, 3.05) is 26.7 Å². The molecule has 0 saturated heterocycles. The number of likely N-dealkylation sites (N-methyl/N-ethyl adjacent to an activating group) is 1. The molecule has 7 heteroatoms. The summed E-state index contributed by atoms with van der Waals surface area (Å²) in [5.41, 5.74) is -0.970. The van der Waals surface area contributed by atoms with Crippen LogP contribution in [0.4, 0.5) is 13.2 Å². The molecule has 0 spiro atoms. The summed E-state index contributed by atoms with van der Waals surface area (Å²) in [4.78, 5) is 13.1. The number of ether oxygens (including phenoxy) is 1. The summed E-state index contributed by atoms with van der Waals surface area (Å²) in [6.07, 6.45) is -3.99. The van der Waals surface area contributed by atoms with Gasteiger partial charge in [0.2, 0.25) is 0 Å². The number of hydrogen-bond donors (Lipinski definition) is 1. The van der Waals surface area contributed by atoms with Gasteiger partial charge in [-0.3, -0.25) is 9.69 Å². The van der Waals surface area contributed by atoms with E-state index in [0.29, 0.717) is 6.54 Å². The summed E-state index contributed by atoms with van der Waals surface area (Å²) in [5, 5.41) is 2.98. The maximum atomic E-state index is 12.5. The van der Waals surface area contributed by atoms with Crippen molar-refractivity contribution < 1.29 is 22.7 Å². The fourth-order valence-corrected chi connectivity index (χ4v) is 2.00. The van der Waals surface area contributed by atoms with Crippen molar-refractivity contribution in [2.24, 2.45) is 0 Å². The summed E-state index contributed by atoms with van der Waals surface area (Å²) >= 11 is 0. The molecule has 20 heavy (non-hydrogen) atoms. The lowest BCUT2D eigenvalue weighted by molar-refractivity contribution is -0.153. The fourth-order valence-electron chi connectivity index (χ4n) is 2.00. The Morgan fingerprint density at radius 1 is 1.35 bits per heavy atom. The van der Waals surface area contributed by atoms with Gasteiger partial charge in [0.05, 0.1) is 13.7 Å². The average Bonchev–Trinajstić information content (AvgIpc) is 2.32. The number of nitrogens with zero attached hydrogens (tertiary/aromatic N) is 1. The Hall–Kier alpha value is -0.820. The highest BCUT2D eigenvalue weighted by Crippen LogP contribution is 2.20. The molecule has 1 N–H and O–H groups in total. The molecule has 0 bridgehead atoms. The van der Waals surface area contributed by atoms with Crippen molar-refractivity contribution in [2.45, 2.75) is 51.9 Å². The van der Waals surface area contributed by atoms with Crippen LogP contribution in [0.5, 0.6) is 0 Å². The standard InChI is InChI=1S/C13H25F3N2O2/c1-6-17-12(4,11(19)20-5)7-8-18(10(2)3)9-13(14,15)16/h10,17H,6-9H2,1-5H3. The van der Waals surface area contributed by atoms with Gasteiger partial charge in [0, 0.05) is 12.6 Å². The Balaban J connectivity index is 4.75. The van der Waals surface area contributed by atoms with Gasteiger partial charge in [-0.15, -0.1) is 0 Å². The first kappa shape index (κ1) is 19.2. The second kappa shape index (κ2) is 7.83. The Morgan fingerprint density at radius 2 is 1.90 bits per heavy atom. The van der Waals surface area contributed by atoms with E-state index in [4.69, 9.17) is 4.74 Å². The van der Waals surface area contributed by atoms with E-state index in [1.54, 1.807) is 20.8 Å². The second-order valence-electron chi connectivity index (χ2n) is 5.28. The van der Waals surface area contributed by atoms with Crippen LogP contribution in [0.1, 0.15) is 34.1 Å². The summed E-state index contributed by atoms with van der Waals surface area (Å²) in [6.45, 7) is 6.60. The van der Waals surface area contributed by atoms with Gasteiger partial charge in [0.1, 0.15) is 5.54 Å². The lowest BCUT2D eigenvalue weighted by Crippen LogP contribution is -2.53. The van der Waals surface area contributed by atoms with Crippen molar-refractivity contribution >= 4 is 5.97 Å². The van der Waals surface area contributed by atoms with Gasteiger partial charge in [-0.25, -0.2) is 0 Å². The number of methoxy groups -OCH3 is 1. The quantitative estimate of drug-likeness (QED) is 0.698. The predicted molar refractivity (Wildman–Crippen MR) is 71.5 cm³/mol. The van der Waals surface area contributed by atoms with E-state index in [1.165, 1.54) is 12.0 Å². The highest BCUT2D eigenvalue weighted by molar-refractivity contribution is 5.80. The van der Waals surface area contributed by atoms with E-state index in [9.17, 15) is 18.0 Å². The molecule has 4 nitrogen and oxygen atoms in total. The molecule has 0 fully saturated rings. The van der Waals surface area contributed by atoms with E-state index in [2.05, 4.69) is 5.32 Å². The molecular formula is C13H25F3N2O2. The van der Waals surface area contributed by atoms with Crippen LogP contribution in [0.2, 0.25) is 0 Å². The fraction of sp³-hybridized carbons (Fsp3) is 0.923. The molecule has 0 saturated carbocycles. The molecule has 0 heterocycles. The molecule has 0 aliphatic carbocycles. The SMILES string of the molecule is CCNC(C)(CCN(CC(F)(F)F)C(C)C)C(=O)OC. The van der Waals surface area contributed by atoms with Crippen LogP contribution in [0.15, 0.2) is 0 Å².